The fourth-order valence-corrected chi connectivity index (χ4v) is 2.66. The molecule has 0 aliphatic carbocycles. The van der Waals surface area contributed by atoms with Crippen molar-refractivity contribution in [2.45, 2.75) is 24.5 Å². The Hall–Kier alpha value is 0.770. The van der Waals surface area contributed by atoms with Gasteiger partial charge in [0.25, 0.3) is 0 Å². The second kappa shape index (κ2) is 10.5. The summed E-state index contributed by atoms with van der Waals surface area (Å²) in [6.07, 6.45) is -2.49. The summed E-state index contributed by atoms with van der Waals surface area (Å²) in [7, 11) is -4.72. The molecule has 0 amide bonds. The molecule has 16 heteroatoms. The van der Waals surface area contributed by atoms with Gasteiger partial charge in [0.05, 0.1) is 12.9 Å². The molecule has 3 heterocycles. The summed E-state index contributed by atoms with van der Waals surface area (Å²) in [5, 5.41) is 20.1. The maximum atomic E-state index is 10.7. The molecule has 1 aliphatic heterocycles. The van der Waals surface area contributed by atoms with Gasteiger partial charge in [-0.05, 0) is 0 Å². The van der Waals surface area contributed by atoms with Gasteiger partial charge >= 0.3 is 66.9 Å². The van der Waals surface area contributed by atoms with E-state index in [1.54, 1.807) is 0 Å². The average molecular weight is 429 g/mol. The quantitative estimate of drug-likeness (QED) is 0.245. The van der Waals surface area contributed by atoms with Crippen LogP contribution in [0.15, 0.2) is 12.7 Å². The zero-order valence-corrected chi connectivity index (χ0v) is 14.5. The second-order valence-electron chi connectivity index (χ2n) is 4.92. The van der Waals surface area contributed by atoms with Gasteiger partial charge in [0.15, 0.2) is 17.7 Å². The number of rotatable bonds is 4. The summed E-state index contributed by atoms with van der Waals surface area (Å²) in [5.74, 6) is 0.142. The molecule has 138 valence electrons. The van der Waals surface area contributed by atoms with Crippen molar-refractivity contribution >= 4 is 93.8 Å². The van der Waals surface area contributed by atoms with Gasteiger partial charge in [-0.15, -0.1) is 0 Å². The van der Waals surface area contributed by atoms with Crippen LogP contribution in [0.25, 0.3) is 11.2 Å². The first kappa shape index (κ1) is 26.8. The summed E-state index contributed by atoms with van der Waals surface area (Å²) in [6, 6.07) is 0. The van der Waals surface area contributed by atoms with Crippen LogP contribution in [-0.2, 0) is 13.8 Å². The topological polar surface area (TPSA) is 186 Å². The van der Waals surface area contributed by atoms with Gasteiger partial charge in [-0.3, -0.25) is 9.09 Å². The molecule has 6 N–H and O–H groups in total. The van der Waals surface area contributed by atoms with Gasteiger partial charge in [-0.25, -0.2) is 19.5 Å². The fourth-order valence-electron chi connectivity index (χ4n) is 2.32. The van der Waals surface area contributed by atoms with E-state index in [2.05, 4.69) is 19.5 Å². The number of nitrogens with two attached hydrogens (primary N) is 1. The number of anilines is 1. The van der Waals surface area contributed by atoms with E-state index in [1.807, 2.05) is 0 Å². The molecule has 0 bridgehead atoms. The van der Waals surface area contributed by atoms with Crippen LogP contribution in [0.3, 0.4) is 0 Å². The minimum atomic E-state index is -4.72. The molecule has 26 heavy (non-hydrogen) atoms. The van der Waals surface area contributed by atoms with Crippen molar-refractivity contribution in [1.82, 2.24) is 19.5 Å². The molecular weight excluding hydrogens is 410 g/mol. The predicted octanol–water partition coefficient (Wildman–Crippen LogP) is -3.10. The van der Waals surface area contributed by atoms with Crippen molar-refractivity contribution < 1.29 is 33.8 Å². The molecule has 0 aromatic carbocycles. The minimum absolute atomic E-state index is 0. The SMILES string of the molecule is Nc1ncnc2c1ncn2[C@@H]1O[C@H](COP(=O)(O)O)[C@@H](O)[C@H]1O.P.[NaH].[NaH]. The number of hydrogen-bond donors (Lipinski definition) is 5. The molecule has 12 nitrogen and oxygen atoms in total. The van der Waals surface area contributed by atoms with E-state index in [9.17, 15) is 14.8 Å². The summed E-state index contributed by atoms with van der Waals surface area (Å²) in [6.45, 7) is -0.594. The number of fused-ring (bicyclic) bond motifs is 1. The van der Waals surface area contributed by atoms with E-state index in [0.29, 0.717) is 5.52 Å². The van der Waals surface area contributed by atoms with Gasteiger partial charge in [-0.1, -0.05) is 0 Å². The molecule has 3 rings (SSSR count). The fraction of sp³-hybridized carbons (Fsp3) is 0.500. The zero-order valence-electron chi connectivity index (χ0n) is 12.2. The molecule has 1 saturated heterocycles. The van der Waals surface area contributed by atoms with Crippen molar-refractivity contribution in [3.63, 3.8) is 0 Å². The first-order valence-electron chi connectivity index (χ1n) is 6.42. The van der Waals surface area contributed by atoms with Crippen LogP contribution in [-0.4, -0.2) is 124 Å². The standard InChI is InChI=1S/C10H14N5O7P.2Na.H3P.2H/c11-8-5-9(13-2-12-8)15(3-14-5)10-7(17)6(16)4(22-10)1-21-23(18,19)20;;;;;/h2-4,6-7,10,16-17H,1H2,(H2,11,12,13)(H2,18,19,20);;;1H3;;/t4-,6-,7-,10-;;;;;/m1...../s1. The Morgan fingerprint density at radius 1 is 1.23 bits per heavy atom. The number of aliphatic hydroxyl groups is 2. The Morgan fingerprint density at radius 2 is 1.88 bits per heavy atom. The normalized spacial score (nSPS) is 25.2. The summed E-state index contributed by atoms with van der Waals surface area (Å²) >= 11 is 0. The monoisotopic (exact) mass is 429 g/mol. The molecule has 2 aromatic rings. The van der Waals surface area contributed by atoms with Gasteiger partial charge < -0.3 is 30.5 Å². The van der Waals surface area contributed by atoms with E-state index in [0.717, 1.165) is 0 Å². The Balaban J connectivity index is 0.00000208. The average Bonchev–Trinajstić information content (AvgIpc) is 3.01. The van der Waals surface area contributed by atoms with Crippen LogP contribution in [0.1, 0.15) is 6.23 Å². The number of nitrogen functional groups attached to an aromatic ring is 1. The number of aromatic nitrogens is 4. The molecule has 1 unspecified atom stereocenters. The number of aliphatic hydroxyl groups excluding tert-OH is 2. The Labute approximate surface area is 195 Å². The Morgan fingerprint density at radius 3 is 2.50 bits per heavy atom. The summed E-state index contributed by atoms with van der Waals surface area (Å²) < 4.78 is 21.8. The molecule has 1 aliphatic rings. The predicted molar refractivity (Wildman–Crippen MR) is 99.1 cm³/mol. The maximum absolute atomic E-state index is 10.7. The summed E-state index contributed by atoms with van der Waals surface area (Å²) in [4.78, 5) is 29.2. The molecule has 0 saturated carbocycles. The first-order valence-corrected chi connectivity index (χ1v) is 7.95. The zero-order chi connectivity index (χ0) is 16.8. The third-order valence-corrected chi connectivity index (χ3v) is 3.89. The molecular formula is C10H19N5Na2O7P2. The van der Waals surface area contributed by atoms with E-state index < -0.39 is 39.0 Å². The van der Waals surface area contributed by atoms with Crippen molar-refractivity contribution in [3.05, 3.63) is 12.7 Å². The van der Waals surface area contributed by atoms with E-state index in [4.69, 9.17) is 20.3 Å². The second-order valence-corrected chi connectivity index (χ2v) is 6.15. The van der Waals surface area contributed by atoms with E-state index >= 15 is 0 Å². The van der Waals surface area contributed by atoms with Crippen LogP contribution >= 0.6 is 17.7 Å². The van der Waals surface area contributed by atoms with Crippen LogP contribution < -0.4 is 5.73 Å². The van der Waals surface area contributed by atoms with Crippen LogP contribution in [0.5, 0.6) is 0 Å². The van der Waals surface area contributed by atoms with Crippen molar-refractivity contribution in [2.75, 3.05) is 12.3 Å². The van der Waals surface area contributed by atoms with Crippen LogP contribution in [0.4, 0.5) is 5.82 Å². The van der Waals surface area contributed by atoms with Crippen LogP contribution in [0, 0.1) is 0 Å². The van der Waals surface area contributed by atoms with Crippen molar-refractivity contribution in [3.8, 4) is 0 Å². The van der Waals surface area contributed by atoms with Crippen LogP contribution in [0.2, 0.25) is 0 Å². The van der Waals surface area contributed by atoms with Gasteiger partial charge in [0.2, 0.25) is 0 Å². The van der Waals surface area contributed by atoms with Gasteiger partial charge in [-0.2, -0.15) is 9.90 Å². The molecule has 1 fully saturated rings. The number of hydrogen-bond acceptors (Lipinski definition) is 9. The van der Waals surface area contributed by atoms with Gasteiger partial charge in [0.1, 0.15) is 30.2 Å². The number of ether oxygens (including phenoxy) is 1. The molecule has 2 aromatic heterocycles. The number of nitrogens with zero attached hydrogens (tertiary/aromatic N) is 4. The number of imidazole rings is 1. The Bertz CT molecular complexity index is 777. The molecule has 5 atom stereocenters. The van der Waals surface area contributed by atoms with E-state index in [-0.39, 0.29) is 80.5 Å². The number of phosphoric acid groups is 1. The molecule has 0 radical (unpaired) electrons. The summed E-state index contributed by atoms with van der Waals surface area (Å²) in [5.41, 5.74) is 6.25. The first-order chi connectivity index (χ1) is 10.8. The van der Waals surface area contributed by atoms with Gasteiger partial charge in [0, 0.05) is 0 Å². The van der Waals surface area contributed by atoms with E-state index in [1.165, 1.54) is 17.2 Å². The third-order valence-electron chi connectivity index (χ3n) is 3.41. The molecule has 0 spiro atoms. The third kappa shape index (κ3) is 5.65. The number of phosphoric ester groups is 1. The Kier molecular flexibility index (Phi) is 10.8. The van der Waals surface area contributed by atoms with Crippen molar-refractivity contribution in [2.24, 2.45) is 0 Å². The van der Waals surface area contributed by atoms with Crippen molar-refractivity contribution in [1.29, 1.82) is 0 Å².